The van der Waals surface area contributed by atoms with Gasteiger partial charge in [-0.05, 0) is 55.3 Å². The summed E-state index contributed by atoms with van der Waals surface area (Å²) in [5, 5.41) is 3.13. The molecule has 1 amide bonds. The molecule has 0 fully saturated rings. The molecule has 0 radical (unpaired) electrons. The fourth-order valence-corrected chi connectivity index (χ4v) is 3.37. The number of benzene rings is 2. The largest absolute Gasteiger partial charge is 0.325 e. The van der Waals surface area contributed by atoms with Crippen LogP contribution in [0.2, 0.25) is 5.02 Å². The number of carbonyl (C=O) groups excluding carboxylic acids is 1. The van der Waals surface area contributed by atoms with Crippen molar-refractivity contribution < 1.29 is 13.2 Å². The van der Waals surface area contributed by atoms with Crippen LogP contribution < -0.4 is 10.0 Å². The van der Waals surface area contributed by atoms with Crippen LogP contribution in [0, 0.1) is 0 Å². The third kappa shape index (κ3) is 4.80. The standard InChI is InChI=1S/C17H19ClN2O3S/c1-3-13-4-8-15(9-5-13)19-17(21)12(2)20-24(22,23)16-10-6-14(18)7-11-16/h4-12,20H,3H2,1-2H3,(H,19,21)/t12-/m1/s1. The van der Waals surface area contributed by atoms with Gasteiger partial charge < -0.3 is 5.32 Å². The van der Waals surface area contributed by atoms with Gasteiger partial charge in [-0.3, -0.25) is 4.79 Å². The molecule has 2 N–H and O–H groups in total. The summed E-state index contributed by atoms with van der Waals surface area (Å²) in [6.45, 7) is 3.53. The van der Waals surface area contributed by atoms with Crippen molar-refractivity contribution >= 4 is 33.2 Å². The lowest BCUT2D eigenvalue weighted by molar-refractivity contribution is -0.117. The van der Waals surface area contributed by atoms with Crippen LogP contribution in [-0.2, 0) is 21.2 Å². The van der Waals surface area contributed by atoms with E-state index >= 15 is 0 Å². The smallest absolute Gasteiger partial charge is 0.242 e. The van der Waals surface area contributed by atoms with Crippen molar-refractivity contribution in [2.24, 2.45) is 0 Å². The molecule has 0 saturated carbocycles. The van der Waals surface area contributed by atoms with Gasteiger partial charge in [0.25, 0.3) is 0 Å². The first kappa shape index (κ1) is 18.4. The monoisotopic (exact) mass is 366 g/mol. The predicted octanol–water partition coefficient (Wildman–Crippen LogP) is 3.21. The number of amides is 1. The van der Waals surface area contributed by atoms with Crippen molar-refractivity contribution in [2.45, 2.75) is 31.2 Å². The molecule has 128 valence electrons. The van der Waals surface area contributed by atoms with E-state index in [1.165, 1.54) is 31.2 Å². The third-order valence-corrected chi connectivity index (χ3v) is 5.29. The van der Waals surface area contributed by atoms with E-state index in [0.29, 0.717) is 10.7 Å². The summed E-state index contributed by atoms with van der Waals surface area (Å²) in [5.74, 6) is -0.434. The molecule has 5 nitrogen and oxygen atoms in total. The molecule has 0 spiro atoms. The van der Waals surface area contributed by atoms with Gasteiger partial charge in [0, 0.05) is 10.7 Å². The second-order valence-electron chi connectivity index (χ2n) is 5.34. The second-order valence-corrected chi connectivity index (χ2v) is 7.49. The lowest BCUT2D eigenvalue weighted by Crippen LogP contribution is -2.41. The van der Waals surface area contributed by atoms with E-state index < -0.39 is 22.0 Å². The highest BCUT2D eigenvalue weighted by Crippen LogP contribution is 2.15. The van der Waals surface area contributed by atoms with Gasteiger partial charge in [-0.1, -0.05) is 30.7 Å². The third-order valence-electron chi connectivity index (χ3n) is 3.48. The minimum Gasteiger partial charge on any atom is -0.325 e. The van der Waals surface area contributed by atoms with Gasteiger partial charge in [-0.25, -0.2) is 8.42 Å². The summed E-state index contributed by atoms with van der Waals surface area (Å²) < 4.78 is 26.9. The maximum Gasteiger partial charge on any atom is 0.242 e. The topological polar surface area (TPSA) is 75.3 Å². The Morgan fingerprint density at radius 3 is 2.21 bits per heavy atom. The highest BCUT2D eigenvalue weighted by molar-refractivity contribution is 7.89. The van der Waals surface area contributed by atoms with Crippen molar-refractivity contribution in [1.82, 2.24) is 4.72 Å². The molecule has 24 heavy (non-hydrogen) atoms. The highest BCUT2D eigenvalue weighted by atomic mass is 35.5. The van der Waals surface area contributed by atoms with E-state index in [2.05, 4.69) is 10.0 Å². The van der Waals surface area contributed by atoms with Gasteiger partial charge in [-0.2, -0.15) is 4.72 Å². The zero-order chi connectivity index (χ0) is 17.7. The van der Waals surface area contributed by atoms with Gasteiger partial charge in [0.1, 0.15) is 0 Å². The van der Waals surface area contributed by atoms with Crippen molar-refractivity contribution in [3.05, 3.63) is 59.1 Å². The summed E-state index contributed by atoms with van der Waals surface area (Å²) in [4.78, 5) is 12.2. The number of nitrogens with one attached hydrogen (secondary N) is 2. The summed E-state index contributed by atoms with van der Waals surface area (Å²) in [6, 6.07) is 12.2. The Balaban J connectivity index is 2.03. The SMILES string of the molecule is CCc1ccc(NC(=O)[C@@H](C)NS(=O)(=O)c2ccc(Cl)cc2)cc1. The van der Waals surface area contributed by atoms with Crippen LogP contribution in [0.1, 0.15) is 19.4 Å². The lowest BCUT2D eigenvalue weighted by Gasteiger charge is -2.14. The molecule has 2 rings (SSSR count). The van der Waals surface area contributed by atoms with Crippen molar-refractivity contribution in [3.8, 4) is 0 Å². The van der Waals surface area contributed by atoms with Crippen molar-refractivity contribution in [1.29, 1.82) is 0 Å². The highest BCUT2D eigenvalue weighted by Gasteiger charge is 2.22. The van der Waals surface area contributed by atoms with Gasteiger partial charge in [0.2, 0.25) is 15.9 Å². The number of hydrogen-bond acceptors (Lipinski definition) is 3. The number of halogens is 1. The quantitative estimate of drug-likeness (QED) is 0.824. The molecule has 7 heteroatoms. The van der Waals surface area contributed by atoms with Crippen LogP contribution in [-0.4, -0.2) is 20.4 Å². The van der Waals surface area contributed by atoms with E-state index in [1.54, 1.807) is 12.1 Å². The van der Waals surface area contributed by atoms with Crippen LogP contribution in [0.25, 0.3) is 0 Å². The van der Waals surface area contributed by atoms with Crippen LogP contribution in [0.5, 0.6) is 0 Å². The fraction of sp³-hybridized carbons (Fsp3) is 0.235. The number of sulfonamides is 1. The fourth-order valence-electron chi connectivity index (χ4n) is 2.04. The first-order chi connectivity index (χ1) is 11.3. The Labute approximate surface area is 147 Å². The number of rotatable bonds is 6. The Kier molecular flexibility index (Phi) is 5.99. The molecule has 0 saturated heterocycles. The van der Waals surface area contributed by atoms with E-state index in [4.69, 9.17) is 11.6 Å². The molecule has 0 aliphatic heterocycles. The van der Waals surface area contributed by atoms with E-state index in [0.717, 1.165) is 12.0 Å². The zero-order valence-electron chi connectivity index (χ0n) is 13.4. The minimum absolute atomic E-state index is 0.0545. The Bertz CT molecular complexity index is 803. The molecule has 0 bridgehead atoms. The molecule has 0 aromatic heterocycles. The number of aryl methyl sites for hydroxylation is 1. The predicted molar refractivity (Wildman–Crippen MR) is 95.7 cm³/mol. The molecule has 0 aliphatic rings. The molecule has 0 aliphatic carbocycles. The maximum absolute atomic E-state index is 12.3. The maximum atomic E-state index is 12.3. The Hall–Kier alpha value is -1.89. The van der Waals surface area contributed by atoms with Crippen LogP contribution in [0.3, 0.4) is 0 Å². The van der Waals surface area contributed by atoms with E-state index in [-0.39, 0.29) is 4.90 Å². The second kappa shape index (κ2) is 7.79. The van der Waals surface area contributed by atoms with Gasteiger partial charge in [-0.15, -0.1) is 0 Å². The zero-order valence-corrected chi connectivity index (χ0v) is 15.0. The molecular formula is C17H19ClN2O3S. The summed E-state index contributed by atoms with van der Waals surface area (Å²) in [7, 11) is -3.79. The molecule has 0 heterocycles. The lowest BCUT2D eigenvalue weighted by atomic mass is 10.1. The number of hydrogen-bond donors (Lipinski definition) is 2. The van der Waals surface area contributed by atoms with E-state index in [1.807, 2.05) is 19.1 Å². The van der Waals surface area contributed by atoms with Crippen molar-refractivity contribution in [2.75, 3.05) is 5.32 Å². The minimum atomic E-state index is -3.79. The van der Waals surface area contributed by atoms with Gasteiger partial charge in [0.05, 0.1) is 10.9 Å². The van der Waals surface area contributed by atoms with Crippen LogP contribution >= 0.6 is 11.6 Å². The normalized spacial score (nSPS) is 12.6. The van der Waals surface area contributed by atoms with Gasteiger partial charge in [0.15, 0.2) is 0 Å². The Morgan fingerprint density at radius 2 is 1.67 bits per heavy atom. The van der Waals surface area contributed by atoms with Crippen molar-refractivity contribution in [3.63, 3.8) is 0 Å². The van der Waals surface area contributed by atoms with Crippen LogP contribution in [0.15, 0.2) is 53.4 Å². The molecule has 0 unspecified atom stereocenters. The molecule has 2 aromatic carbocycles. The van der Waals surface area contributed by atoms with Crippen LogP contribution in [0.4, 0.5) is 5.69 Å². The first-order valence-corrected chi connectivity index (χ1v) is 9.35. The average Bonchev–Trinajstić information content (AvgIpc) is 2.55. The van der Waals surface area contributed by atoms with Gasteiger partial charge >= 0.3 is 0 Å². The summed E-state index contributed by atoms with van der Waals surface area (Å²) >= 11 is 5.75. The summed E-state index contributed by atoms with van der Waals surface area (Å²) in [5.41, 5.74) is 1.78. The summed E-state index contributed by atoms with van der Waals surface area (Å²) in [6.07, 6.45) is 0.908. The number of carbonyl (C=O) groups is 1. The molecule has 1 atom stereocenters. The Morgan fingerprint density at radius 1 is 1.08 bits per heavy atom. The molecular weight excluding hydrogens is 348 g/mol. The average molecular weight is 367 g/mol. The van der Waals surface area contributed by atoms with E-state index in [9.17, 15) is 13.2 Å². The first-order valence-electron chi connectivity index (χ1n) is 7.49. The molecule has 2 aromatic rings. The number of anilines is 1.